The number of aliphatic hydroxyl groups is 1. The molecule has 0 saturated carbocycles. The third kappa shape index (κ3) is 5.10. The molecule has 26 heavy (non-hydrogen) atoms. The number of nitrogens with one attached hydrogen (secondary N) is 1. The first-order chi connectivity index (χ1) is 12.7. The van der Waals surface area contributed by atoms with Crippen molar-refractivity contribution < 1.29 is 9.90 Å². The molecule has 0 aliphatic rings. The van der Waals surface area contributed by atoms with Crippen molar-refractivity contribution in [3.05, 3.63) is 83.9 Å². The number of carbonyl (C=O) groups is 1. The Morgan fingerprint density at radius 3 is 2.54 bits per heavy atom. The molecule has 0 heterocycles. The van der Waals surface area contributed by atoms with E-state index in [1.165, 1.54) is 5.56 Å². The fourth-order valence-electron chi connectivity index (χ4n) is 2.93. The molecule has 0 spiro atoms. The second-order valence-electron chi connectivity index (χ2n) is 6.20. The maximum atomic E-state index is 12.0. The number of hydrogen-bond donors (Lipinski definition) is 2. The van der Waals surface area contributed by atoms with Crippen molar-refractivity contribution in [2.45, 2.75) is 18.3 Å². The third-order valence-electron chi connectivity index (χ3n) is 4.27. The van der Waals surface area contributed by atoms with Gasteiger partial charge in [-0.05, 0) is 28.3 Å². The second kappa shape index (κ2) is 9.41. The van der Waals surface area contributed by atoms with Gasteiger partial charge in [-0.1, -0.05) is 72.8 Å². The van der Waals surface area contributed by atoms with Gasteiger partial charge in [0.15, 0.2) is 0 Å². The van der Waals surface area contributed by atoms with Crippen molar-refractivity contribution in [2.75, 3.05) is 12.3 Å². The Kier molecular flexibility index (Phi) is 6.69. The van der Waals surface area contributed by atoms with Crippen LogP contribution >= 0.6 is 11.8 Å². The summed E-state index contributed by atoms with van der Waals surface area (Å²) in [5, 5.41) is 15.6. The van der Waals surface area contributed by atoms with Crippen LogP contribution in [0.4, 0.5) is 0 Å². The minimum atomic E-state index is -0.585. The molecular formula is C22H23NO2S. The number of benzene rings is 3. The average molecular weight is 365 g/mol. The molecule has 0 aliphatic heterocycles. The van der Waals surface area contributed by atoms with Crippen molar-refractivity contribution in [1.29, 1.82) is 0 Å². The van der Waals surface area contributed by atoms with E-state index in [-0.39, 0.29) is 5.91 Å². The van der Waals surface area contributed by atoms with Gasteiger partial charge in [-0.2, -0.15) is 0 Å². The molecule has 0 bridgehead atoms. The first-order valence-corrected chi connectivity index (χ1v) is 9.93. The number of thioether (sulfide) groups is 1. The number of aliphatic hydroxyl groups excluding tert-OH is 1. The zero-order valence-electron chi connectivity index (χ0n) is 14.6. The van der Waals surface area contributed by atoms with Crippen LogP contribution in [0.2, 0.25) is 0 Å². The summed E-state index contributed by atoms with van der Waals surface area (Å²) in [6.45, 7) is 0.467. The first-order valence-electron chi connectivity index (χ1n) is 8.78. The molecule has 1 amide bonds. The van der Waals surface area contributed by atoms with E-state index in [0.29, 0.717) is 18.7 Å². The Hall–Kier alpha value is -2.30. The van der Waals surface area contributed by atoms with Gasteiger partial charge in [0, 0.05) is 12.3 Å². The number of carbonyl (C=O) groups excluding carboxylic acids is 1. The van der Waals surface area contributed by atoms with E-state index in [2.05, 4.69) is 17.4 Å². The Bertz CT molecular complexity index is 846. The first kappa shape index (κ1) is 18.5. The van der Waals surface area contributed by atoms with Gasteiger partial charge in [-0.3, -0.25) is 4.79 Å². The third-order valence-corrected chi connectivity index (χ3v) is 5.27. The predicted molar refractivity (Wildman–Crippen MR) is 109 cm³/mol. The van der Waals surface area contributed by atoms with Gasteiger partial charge in [0.25, 0.3) is 0 Å². The number of fused-ring (bicyclic) bond motifs is 1. The molecule has 3 nitrogen and oxygen atoms in total. The fourth-order valence-corrected chi connectivity index (χ4v) is 3.75. The lowest BCUT2D eigenvalue weighted by atomic mass is 9.99. The van der Waals surface area contributed by atoms with E-state index < -0.39 is 6.10 Å². The average Bonchev–Trinajstić information content (AvgIpc) is 2.68. The van der Waals surface area contributed by atoms with Crippen molar-refractivity contribution in [1.82, 2.24) is 5.32 Å². The van der Waals surface area contributed by atoms with E-state index in [9.17, 15) is 9.90 Å². The van der Waals surface area contributed by atoms with Crippen LogP contribution < -0.4 is 5.32 Å². The van der Waals surface area contributed by atoms with Crippen molar-refractivity contribution in [2.24, 2.45) is 0 Å². The zero-order valence-corrected chi connectivity index (χ0v) is 15.4. The van der Waals surface area contributed by atoms with Crippen LogP contribution in [-0.2, 0) is 10.5 Å². The fraction of sp³-hybridized carbons (Fsp3) is 0.227. The van der Waals surface area contributed by atoms with Crippen LogP contribution in [0.25, 0.3) is 10.8 Å². The molecule has 1 atom stereocenters. The number of rotatable bonds is 8. The smallest absolute Gasteiger partial charge is 0.230 e. The maximum absolute atomic E-state index is 12.0. The van der Waals surface area contributed by atoms with Crippen LogP contribution in [0, 0.1) is 0 Å². The molecule has 1 unspecified atom stereocenters. The van der Waals surface area contributed by atoms with Crippen LogP contribution in [-0.4, -0.2) is 23.3 Å². The molecule has 2 N–H and O–H groups in total. The van der Waals surface area contributed by atoms with Crippen LogP contribution in [0.1, 0.15) is 23.7 Å². The lowest BCUT2D eigenvalue weighted by molar-refractivity contribution is -0.118. The Balaban J connectivity index is 1.43. The Morgan fingerprint density at radius 2 is 1.69 bits per heavy atom. The van der Waals surface area contributed by atoms with Crippen molar-refractivity contribution in [3.63, 3.8) is 0 Å². The standard InChI is InChI=1S/C22H23NO2S/c24-21(20-12-6-10-18-9-4-5-11-19(18)20)13-14-23-22(25)16-26-15-17-7-2-1-3-8-17/h1-12,21,24H,13-16H2,(H,23,25). The quantitative estimate of drug-likeness (QED) is 0.625. The van der Waals surface area contributed by atoms with Gasteiger partial charge < -0.3 is 10.4 Å². The van der Waals surface area contributed by atoms with Crippen LogP contribution in [0.3, 0.4) is 0 Å². The van der Waals surface area contributed by atoms with E-state index in [0.717, 1.165) is 22.1 Å². The summed E-state index contributed by atoms with van der Waals surface area (Å²) in [4.78, 5) is 12.0. The normalized spacial score (nSPS) is 12.0. The summed E-state index contributed by atoms with van der Waals surface area (Å²) in [5.74, 6) is 1.27. The van der Waals surface area contributed by atoms with Gasteiger partial charge in [0.05, 0.1) is 11.9 Å². The monoisotopic (exact) mass is 365 g/mol. The molecule has 0 saturated heterocycles. The highest BCUT2D eigenvalue weighted by Crippen LogP contribution is 2.25. The van der Waals surface area contributed by atoms with E-state index >= 15 is 0 Å². The van der Waals surface area contributed by atoms with E-state index in [1.807, 2.05) is 60.7 Å². The summed E-state index contributed by atoms with van der Waals surface area (Å²) in [6, 6.07) is 24.1. The molecule has 4 heteroatoms. The Labute approximate surface area is 158 Å². The van der Waals surface area contributed by atoms with Gasteiger partial charge in [-0.25, -0.2) is 0 Å². The lowest BCUT2D eigenvalue weighted by Crippen LogP contribution is -2.27. The largest absolute Gasteiger partial charge is 0.388 e. The summed E-state index contributed by atoms with van der Waals surface area (Å²) in [7, 11) is 0. The number of hydrogen-bond acceptors (Lipinski definition) is 3. The second-order valence-corrected chi connectivity index (χ2v) is 7.19. The molecule has 3 aromatic carbocycles. The van der Waals surface area contributed by atoms with E-state index in [4.69, 9.17) is 0 Å². The SMILES string of the molecule is O=C(CSCc1ccccc1)NCCC(O)c1cccc2ccccc12. The highest BCUT2D eigenvalue weighted by atomic mass is 32.2. The summed E-state index contributed by atoms with van der Waals surface area (Å²) >= 11 is 1.60. The van der Waals surface area contributed by atoms with Crippen LogP contribution in [0.15, 0.2) is 72.8 Å². The zero-order chi connectivity index (χ0) is 18.2. The van der Waals surface area contributed by atoms with Gasteiger partial charge in [0.1, 0.15) is 0 Å². The molecular weight excluding hydrogens is 342 g/mol. The van der Waals surface area contributed by atoms with Gasteiger partial charge in [0.2, 0.25) is 5.91 Å². The molecule has 0 radical (unpaired) electrons. The molecule has 3 aromatic rings. The molecule has 134 valence electrons. The summed E-state index contributed by atoms with van der Waals surface area (Å²) < 4.78 is 0. The topological polar surface area (TPSA) is 49.3 Å². The predicted octanol–water partition coefficient (Wildman–Crippen LogP) is 4.31. The van der Waals surface area contributed by atoms with Crippen LogP contribution in [0.5, 0.6) is 0 Å². The highest BCUT2D eigenvalue weighted by molar-refractivity contribution is 7.99. The van der Waals surface area contributed by atoms with Gasteiger partial charge in [-0.15, -0.1) is 11.8 Å². The summed E-state index contributed by atoms with van der Waals surface area (Å²) in [5.41, 5.74) is 2.13. The minimum Gasteiger partial charge on any atom is -0.388 e. The molecule has 3 rings (SSSR count). The Morgan fingerprint density at radius 1 is 0.962 bits per heavy atom. The minimum absolute atomic E-state index is 0.0102. The molecule has 0 aromatic heterocycles. The van der Waals surface area contributed by atoms with Crippen molar-refractivity contribution >= 4 is 28.4 Å². The summed E-state index contributed by atoms with van der Waals surface area (Å²) in [6.07, 6.45) is -0.0818. The van der Waals surface area contributed by atoms with E-state index in [1.54, 1.807) is 11.8 Å². The van der Waals surface area contributed by atoms with Gasteiger partial charge >= 0.3 is 0 Å². The van der Waals surface area contributed by atoms with Crippen molar-refractivity contribution in [3.8, 4) is 0 Å². The number of amides is 1. The maximum Gasteiger partial charge on any atom is 0.230 e. The highest BCUT2D eigenvalue weighted by Gasteiger charge is 2.11. The molecule has 0 aliphatic carbocycles. The molecule has 0 fully saturated rings. The lowest BCUT2D eigenvalue weighted by Gasteiger charge is -2.14.